The summed E-state index contributed by atoms with van der Waals surface area (Å²) in [5, 5.41) is 0. The highest BCUT2D eigenvalue weighted by Gasteiger charge is 2.39. The third-order valence-electron chi connectivity index (χ3n) is 4.35. The van der Waals surface area contributed by atoms with Crippen LogP contribution in [0, 0.1) is 11.3 Å². The molecule has 0 amide bonds. The molecule has 1 nitrogen and oxygen atoms in total. The Balaban J connectivity index is 1.87. The van der Waals surface area contributed by atoms with Crippen LogP contribution in [0.15, 0.2) is 0 Å². The number of nitrogens with zero attached hydrogens (tertiary/aromatic N) is 1. The smallest absolute Gasteiger partial charge is 0.0251 e. The number of alkyl halides is 1. The lowest BCUT2D eigenvalue weighted by atomic mass is 9.70. The van der Waals surface area contributed by atoms with Gasteiger partial charge in [-0.25, -0.2) is 0 Å². The minimum Gasteiger partial charge on any atom is -0.303 e. The van der Waals surface area contributed by atoms with Crippen molar-refractivity contribution in [1.82, 2.24) is 4.90 Å². The fourth-order valence-electron chi connectivity index (χ4n) is 3.15. The second-order valence-electron chi connectivity index (χ2n) is 5.22. The van der Waals surface area contributed by atoms with Crippen LogP contribution in [0.1, 0.15) is 39.0 Å². The maximum absolute atomic E-state index is 5.92. The molecule has 1 aliphatic carbocycles. The van der Waals surface area contributed by atoms with Crippen LogP contribution in [0.2, 0.25) is 0 Å². The Labute approximate surface area is 92.8 Å². The lowest BCUT2D eigenvalue weighted by molar-refractivity contribution is 0.159. The van der Waals surface area contributed by atoms with E-state index in [1.807, 2.05) is 0 Å². The van der Waals surface area contributed by atoms with E-state index in [1.54, 1.807) is 0 Å². The molecule has 2 rings (SSSR count). The van der Waals surface area contributed by atoms with Gasteiger partial charge in [0.2, 0.25) is 0 Å². The Kier molecular flexibility index (Phi) is 3.38. The first-order valence-electron chi connectivity index (χ1n) is 6.06. The fraction of sp³-hybridized carbons (Fsp3) is 1.00. The average Bonchev–Trinajstić information content (AvgIpc) is 2.63. The van der Waals surface area contributed by atoms with Crippen molar-refractivity contribution in [3.05, 3.63) is 0 Å². The molecule has 1 heterocycles. The SMILES string of the molecule is CCN1CCC2(CCC(CCl)CC2)C1. The Morgan fingerprint density at radius 1 is 1.29 bits per heavy atom. The number of hydrogen-bond acceptors (Lipinski definition) is 1. The maximum atomic E-state index is 5.92. The summed E-state index contributed by atoms with van der Waals surface area (Å²) in [6.45, 7) is 6.21. The summed E-state index contributed by atoms with van der Waals surface area (Å²) in [6, 6.07) is 0. The number of likely N-dealkylation sites (tertiary alicyclic amines) is 1. The molecule has 14 heavy (non-hydrogen) atoms. The summed E-state index contributed by atoms with van der Waals surface area (Å²) < 4.78 is 0. The molecule has 1 saturated heterocycles. The molecule has 2 aliphatic rings. The van der Waals surface area contributed by atoms with E-state index in [2.05, 4.69) is 11.8 Å². The predicted octanol–water partition coefficient (Wildman–Crippen LogP) is 3.13. The molecular weight excluding hydrogens is 194 g/mol. The van der Waals surface area contributed by atoms with Crippen LogP contribution in [-0.2, 0) is 0 Å². The summed E-state index contributed by atoms with van der Waals surface area (Å²) in [5.41, 5.74) is 0.693. The van der Waals surface area contributed by atoms with Gasteiger partial charge >= 0.3 is 0 Å². The highest BCUT2D eigenvalue weighted by Crippen LogP contribution is 2.45. The van der Waals surface area contributed by atoms with Crippen LogP contribution < -0.4 is 0 Å². The largest absolute Gasteiger partial charge is 0.303 e. The standard InChI is InChI=1S/C12H22ClN/c1-2-14-8-7-12(10-14)5-3-11(9-13)4-6-12/h11H,2-10H2,1H3. The molecule has 1 spiro atoms. The predicted molar refractivity (Wildman–Crippen MR) is 61.8 cm³/mol. The lowest BCUT2D eigenvalue weighted by Gasteiger charge is -2.36. The van der Waals surface area contributed by atoms with Gasteiger partial charge in [-0.3, -0.25) is 0 Å². The Morgan fingerprint density at radius 2 is 2.00 bits per heavy atom. The monoisotopic (exact) mass is 215 g/mol. The zero-order valence-corrected chi connectivity index (χ0v) is 10.0. The molecule has 2 fully saturated rings. The van der Waals surface area contributed by atoms with Gasteiger partial charge in [-0.1, -0.05) is 6.92 Å². The number of rotatable bonds is 2. The van der Waals surface area contributed by atoms with E-state index in [0.29, 0.717) is 5.41 Å². The van der Waals surface area contributed by atoms with Gasteiger partial charge < -0.3 is 4.90 Å². The molecule has 0 aromatic heterocycles. The van der Waals surface area contributed by atoms with Gasteiger partial charge in [0.15, 0.2) is 0 Å². The molecule has 1 aliphatic heterocycles. The molecule has 0 unspecified atom stereocenters. The van der Waals surface area contributed by atoms with Crippen LogP contribution in [-0.4, -0.2) is 30.4 Å². The first-order chi connectivity index (χ1) is 6.78. The van der Waals surface area contributed by atoms with Gasteiger partial charge in [0.1, 0.15) is 0 Å². The Morgan fingerprint density at radius 3 is 2.50 bits per heavy atom. The molecule has 0 N–H and O–H groups in total. The normalized spacial score (nSPS) is 39.4. The summed E-state index contributed by atoms with van der Waals surface area (Å²) >= 11 is 5.92. The minimum absolute atomic E-state index is 0.693. The zero-order chi connectivity index (χ0) is 10.0. The van der Waals surface area contributed by atoms with Crippen molar-refractivity contribution in [3.63, 3.8) is 0 Å². The Bertz CT molecular complexity index is 185. The summed E-state index contributed by atoms with van der Waals surface area (Å²) in [5.74, 6) is 1.70. The summed E-state index contributed by atoms with van der Waals surface area (Å²) in [4.78, 5) is 2.61. The zero-order valence-electron chi connectivity index (χ0n) is 9.27. The van der Waals surface area contributed by atoms with Gasteiger partial charge in [0, 0.05) is 12.4 Å². The lowest BCUT2D eigenvalue weighted by Crippen LogP contribution is -2.31. The second kappa shape index (κ2) is 4.40. The van der Waals surface area contributed by atoms with E-state index < -0.39 is 0 Å². The molecule has 0 aromatic carbocycles. The summed E-state index contributed by atoms with van der Waals surface area (Å²) in [7, 11) is 0. The van der Waals surface area contributed by atoms with Gasteiger partial charge in [0.05, 0.1) is 0 Å². The molecule has 0 radical (unpaired) electrons. The van der Waals surface area contributed by atoms with E-state index in [-0.39, 0.29) is 0 Å². The molecule has 82 valence electrons. The van der Waals surface area contributed by atoms with Crippen molar-refractivity contribution in [2.75, 3.05) is 25.5 Å². The third kappa shape index (κ3) is 2.09. The first-order valence-corrected chi connectivity index (χ1v) is 6.60. The van der Waals surface area contributed by atoms with Crippen LogP contribution in [0.4, 0.5) is 0 Å². The van der Waals surface area contributed by atoms with E-state index in [1.165, 1.54) is 51.7 Å². The van der Waals surface area contributed by atoms with Crippen molar-refractivity contribution in [2.24, 2.45) is 11.3 Å². The van der Waals surface area contributed by atoms with E-state index in [9.17, 15) is 0 Å². The van der Waals surface area contributed by atoms with E-state index in [4.69, 9.17) is 11.6 Å². The van der Waals surface area contributed by atoms with Crippen molar-refractivity contribution < 1.29 is 0 Å². The topological polar surface area (TPSA) is 3.24 Å². The van der Waals surface area contributed by atoms with Gasteiger partial charge in [-0.15, -0.1) is 11.6 Å². The fourth-order valence-corrected chi connectivity index (χ4v) is 3.46. The van der Waals surface area contributed by atoms with Crippen LogP contribution in [0.25, 0.3) is 0 Å². The Hall–Kier alpha value is 0.250. The number of hydrogen-bond donors (Lipinski definition) is 0. The quantitative estimate of drug-likeness (QED) is 0.640. The van der Waals surface area contributed by atoms with E-state index >= 15 is 0 Å². The second-order valence-corrected chi connectivity index (χ2v) is 5.53. The number of halogens is 1. The maximum Gasteiger partial charge on any atom is 0.0251 e. The molecule has 0 aromatic rings. The van der Waals surface area contributed by atoms with Crippen LogP contribution in [0.3, 0.4) is 0 Å². The van der Waals surface area contributed by atoms with Crippen LogP contribution >= 0.6 is 11.6 Å². The third-order valence-corrected chi connectivity index (χ3v) is 4.79. The first kappa shape index (κ1) is 10.8. The van der Waals surface area contributed by atoms with Gasteiger partial charge in [-0.05, 0) is 56.5 Å². The van der Waals surface area contributed by atoms with Crippen LogP contribution in [0.5, 0.6) is 0 Å². The molecule has 1 saturated carbocycles. The molecule has 0 atom stereocenters. The molecule has 0 bridgehead atoms. The van der Waals surface area contributed by atoms with Crippen molar-refractivity contribution in [2.45, 2.75) is 39.0 Å². The van der Waals surface area contributed by atoms with Crippen molar-refractivity contribution in [3.8, 4) is 0 Å². The highest BCUT2D eigenvalue weighted by atomic mass is 35.5. The summed E-state index contributed by atoms with van der Waals surface area (Å²) in [6.07, 6.45) is 7.06. The van der Waals surface area contributed by atoms with E-state index in [0.717, 1.165) is 11.8 Å². The molecular formula is C12H22ClN. The highest BCUT2D eigenvalue weighted by molar-refractivity contribution is 6.18. The van der Waals surface area contributed by atoms with Crippen molar-refractivity contribution >= 4 is 11.6 Å². The van der Waals surface area contributed by atoms with Gasteiger partial charge in [0.25, 0.3) is 0 Å². The van der Waals surface area contributed by atoms with Crippen molar-refractivity contribution in [1.29, 1.82) is 0 Å². The minimum atomic E-state index is 0.693. The molecule has 2 heteroatoms. The van der Waals surface area contributed by atoms with Gasteiger partial charge in [-0.2, -0.15) is 0 Å². The average molecular weight is 216 g/mol.